The Morgan fingerprint density at radius 1 is 1.63 bits per heavy atom. The minimum Gasteiger partial charge on any atom is -0.393 e. The SMILES string of the molecule is Cc1cn2c(CCC(=O)NCCC(C)O)csc2n1. The highest BCUT2D eigenvalue weighted by Crippen LogP contribution is 2.17. The van der Waals surface area contributed by atoms with Crippen LogP contribution in [0.25, 0.3) is 4.96 Å². The van der Waals surface area contributed by atoms with Crippen LogP contribution in [-0.4, -0.2) is 33.0 Å². The van der Waals surface area contributed by atoms with Gasteiger partial charge in [0.15, 0.2) is 4.96 Å². The summed E-state index contributed by atoms with van der Waals surface area (Å²) < 4.78 is 2.04. The Bertz CT molecular complexity index is 559. The van der Waals surface area contributed by atoms with Gasteiger partial charge in [0, 0.05) is 30.2 Å². The third-order valence-electron chi connectivity index (χ3n) is 2.90. The van der Waals surface area contributed by atoms with Crippen LogP contribution >= 0.6 is 11.3 Å². The number of carbonyl (C=O) groups excluding carboxylic acids is 1. The second-order valence-corrected chi connectivity index (χ2v) is 5.59. The zero-order valence-electron chi connectivity index (χ0n) is 11.2. The van der Waals surface area contributed by atoms with Gasteiger partial charge >= 0.3 is 0 Å². The van der Waals surface area contributed by atoms with Crippen molar-refractivity contribution in [1.29, 1.82) is 0 Å². The maximum atomic E-state index is 11.6. The van der Waals surface area contributed by atoms with Gasteiger partial charge in [-0.3, -0.25) is 9.20 Å². The number of thiazole rings is 1. The van der Waals surface area contributed by atoms with E-state index in [1.165, 1.54) is 0 Å². The highest BCUT2D eigenvalue weighted by molar-refractivity contribution is 7.15. The van der Waals surface area contributed by atoms with E-state index in [1.807, 2.05) is 22.9 Å². The van der Waals surface area contributed by atoms with Gasteiger partial charge in [0.05, 0.1) is 11.8 Å². The average Bonchev–Trinajstić information content (AvgIpc) is 2.85. The van der Waals surface area contributed by atoms with Gasteiger partial charge in [-0.25, -0.2) is 4.98 Å². The normalized spacial score (nSPS) is 12.8. The largest absolute Gasteiger partial charge is 0.393 e. The van der Waals surface area contributed by atoms with Crippen LogP contribution in [0, 0.1) is 6.92 Å². The summed E-state index contributed by atoms with van der Waals surface area (Å²) in [5, 5.41) is 14.0. The van der Waals surface area contributed by atoms with Crippen molar-refractivity contribution in [2.45, 2.75) is 39.2 Å². The first kappa shape index (κ1) is 14.0. The lowest BCUT2D eigenvalue weighted by Gasteiger charge is -2.06. The standard InChI is InChI=1S/C13H19N3O2S/c1-9-7-16-11(8-19-13(16)15-9)3-4-12(18)14-6-5-10(2)17/h7-8,10,17H,3-6H2,1-2H3,(H,14,18). The number of hydrogen-bond donors (Lipinski definition) is 2. The molecule has 0 saturated heterocycles. The molecule has 0 aliphatic carbocycles. The van der Waals surface area contributed by atoms with E-state index in [1.54, 1.807) is 18.3 Å². The highest BCUT2D eigenvalue weighted by Gasteiger charge is 2.08. The molecule has 0 saturated carbocycles. The van der Waals surface area contributed by atoms with Gasteiger partial charge in [-0.15, -0.1) is 11.3 Å². The molecule has 104 valence electrons. The molecule has 2 aromatic heterocycles. The van der Waals surface area contributed by atoms with Crippen molar-refractivity contribution in [3.8, 4) is 0 Å². The molecule has 0 aliphatic heterocycles. The van der Waals surface area contributed by atoms with Crippen molar-refractivity contribution in [2.75, 3.05) is 6.54 Å². The van der Waals surface area contributed by atoms with E-state index in [2.05, 4.69) is 10.3 Å². The number of fused-ring (bicyclic) bond motifs is 1. The Morgan fingerprint density at radius 3 is 3.16 bits per heavy atom. The first-order valence-electron chi connectivity index (χ1n) is 6.43. The van der Waals surface area contributed by atoms with E-state index < -0.39 is 0 Å². The van der Waals surface area contributed by atoms with Crippen LogP contribution in [0.1, 0.15) is 31.2 Å². The van der Waals surface area contributed by atoms with Gasteiger partial charge in [-0.2, -0.15) is 0 Å². The topological polar surface area (TPSA) is 66.6 Å². The summed E-state index contributed by atoms with van der Waals surface area (Å²) in [7, 11) is 0. The van der Waals surface area contributed by atoms with Crippen LogP contribution in [0.4, 0.5) is 0 Å². The van der Waals surface area contributed by atoms with E-state index in [0.29, 0.717) is 25.8 Å². The van der Waals surface area contributed by atoms with Crippen molar-refractivity contribution in [3.05, 3.63) is 23.0 Å². The number of nitrogens with zero attached hydrogens (tertiary/aromatic N) is 2. The quantitative estimate of drug-likeness (QED) is 0.843. The number of amides is 1. The average molecular weight is 281 g/mol. The number of aryl methyl sites for hydroxylation is 2. The summed E-state index contributed by atoms with van der Waals surface area (Å²) in [5.74, 6) is 0.0248. The van der Waals surface area contributed by atoms with Gasteiger partial charge in [0.2, 0.25) is 5.91 Å². The zero-order chi connectivity index (χ0) is 13.8. The minimum atomic E-state index is -0.370. The lowest BCUT2D eigenvalue weighted by atomic mass is 10.2. The predicted molar refractivity (Wildman–Crippen MR) is 75.4 cm³/mol. The molecule has 0 spiro atoms. The van der Waals surface area contributed by atoms with Crippen molar-refractivity contribution >= 4 is 22.2 Å². The maximum Gasteiger partial charge on any atom is 0.220 e. The summed E-state index contributed by atoms with van der Waals surface area (Å²) in [6.45, 7) is 4.21. The fourth-order valence-electron chi connectivity index (χ4n) is 1.87. The van der Waals surface area contributed by atoms with E-state index in [4.69, 9.17) is 5.11 Å². The van der Waals surface area contributed by atoms with E-state index >= 15 is 0 Å². The maximum absolute atomic E-state index is 11.6. The van der Waals surface area contributed by atoms with Crippen molar-refractivity contribution in [1.82, 2.24) is 14.7 Å². The molecule has 0 aliphatic rings. The summed E-state index contributed by atoms with van der Waals surface area (Å²) >= 11 is 1.60. The molecule has 0 fully saturated rings. The molecule has 2 heterocycles. The molecule has 2 N–H and O–H groups in total. The van der Waals surface area contributed by atoms with Crippen LogP contribution < -0.4 is 5.32 Å². The summed E-state index contributed by atoms with van der Waals surface area (Å²) in [6, 6.07) is 0. The monoisotopic (exact) mass is 281 g/mol. The van der Waals surface area contributed by atoms with Gasteiger partial charge in [0.1, 0.15) is 0 Å². The minimum absolute atomic E-state index is 0.0248. The second kappa shape index (κ2) is 6.16. The van der Waals surface area contributed by atoms with E-state index in [-0.39, 0.29) is 12.0 Å². The number of aliphatic hydroxyl groups is 1. The van der Waals surface area contributed by atoms with Crippen molar-refractivity contribution in [2.24, 2.45) is 0 Å². The molecule has 1 amide bonds. The fourth-order valence-corrected chi connectivity index (χ4v) is 2.82. The number of hydrogen-bond acceptors (Lipinski definition) is 4. The lowest BCUT2D eigenvalue weighted by Crippen LogP contribution is -2.26. The molecule has 1 unspecified atom stereocenters. The fraction of sp³-hybridized carbons (Fsp3) is 0.538. The Labute approximate surface area is 116 Å². The number of imidazole rings is 1. The molecule has 6 heteroatoms. The number of rotatable bonds is 6. The van der Waals surface area contributed by atoms with Crippen LogP contribution in [0.5, 0.6) is 0 Å². The van der Waals surface area contributed by atoms with Gasteiger partial charge in [-0.05, 0) is 26.7 Å². The molecule has 0 bridgehead atoms. The molecule has 0 aromatic carbocycles. The second-order valence-electron chi connectivity index (χ2n) is 4.75. The molecular formula is C13H19N3O2S. The highest BCUT2D eigenvalue weighted by atomic mass is 32.1. The molecule has 2 rings (SSSR count). The molecular weight excluding hydrogens is 262 g/mol. The van der Waals surface area contributed by atoms with Crippen molar-refractivity contribution < 1.29 is 9.90 Å². The summed E-state index contributed by atoms with van der Waals surface area (Å²) in [5.41, 5.74) is 2.11. The van der Waals surface area contributed by atoms with Gasteiger partial charge in [-0.1, -0.05) is 0 Å². The van der Waals surface area contributed by atoms with Gasteiger partial charge in [0.25, 0.3) is 0 Å². The number of nitrogens with one attached hydrogen (secondary N) is 1. The Morgan fingerprint density at radius 2 is 2.42 bits per heavy atom. The smallest absolute Gasteiger partial charge is 0.220 e. The predicted octanol–water partition coefficient (Wildman–Crippen LogP) is 1.52. The zero-order valence-corrected chi connectivity index (χ0v) is 12.0. The Kier molecular flexibility index (Phi) is 4.55. The first-order valence-corrected chi connectivity index (χ1v) is 7.31. The Hall–Kier alpha value is -1.40. The van der Waals surface area contributed by atoms with Crippen molar-refractivity contribution in [3.63, 3.8) is 0 Å². The molecule has 2 aromatic rings. The summed E-state index contributed by atoms with van der Waals surface area (Å²) in [6.07, 6.45) is 3.38. The van der Waals surface area contributed by atoms with Crippen LogP contribution in [0.2, 0.25) is 0 Å². The van der Waals surface area contributed by atoms with E-state index in [0.717, 1.165) is 16.3 Å². The van der Waals surface area contributed by atoms with Crippen LogP contribution in [0.15, 0.2) is 11.6 Å². The van der Waals surface area contributed by atoms with Gasteiger partial charge < -0.3 is 10.4 Å². The number of carbonyl (C=O) groups is 1. The number of aliphatic hydroxyl groups excluding tert-OH is 1. The molecule has 5 nitrogen and oxygen atoms in total. The molecule has 1 atom stereocenters. The lowest BCUT2D eigenvalue weighted by molar-refractivity contribution is -0.121. The summed E-state index contributed by atoms with van der Waals surface area (Å²) in [4.78, 5) is 17.0. The first-order chi connectivity index (χ1) is 9.06. The van der Waals surface area contributed by atoms with Crippen LogP contribution in [0.3, 0.4) is 0 Å². The third-order valence-corrected chi connectivity index (χ3v) is 3.79. The molecule has 19 heavy (non-hydrogen) atoms. The third kappa shape index (κ3) is 3.78. The Balaban J connectivity index is 1.83. The van der Waals surface area contributed by atoms with Crippen LogP contribution in [-0.2, 0) is 11.2 Å². The van der Waals surface area contributed by atoms with E-state index in [9.17, 15) is 4.79 Å². The molecule has 0 radical (unpaired) electrons. The number of aromatic nitrogens is 2.